The molecule has 0 aliphatic carbocycles. The van der Waals surface area contributed by atoms with Crippen molar-refractivity contribution >= 4 is 40.1 Å². The molecule has 0 atom stereocenters. The van der Waals surface area contributed by atoms with Gasteiger partial charge < -0.3 is 20.3 Å². The van der Waals surface area contributed by atoms with Crippen LogP contribution >= 0.6 is 11.6 Å². The summed E-state index contributed by atoms with van der Waals surface area (Å²) in [5, 5.41) is 0.126. The third-order valence-corrected chi connectivity index (χ3v) is 5.89. The molecule has 0 bridgehead atoms. The van der Waals surface area contributed by atoms with Crippen LogP contribution in [0, 0.1) is 11.6 Å². The second-order valence-corrected chi connectivity index (χ2v) is 7.92. The summed E-state index contributed by atoms with van der Waals surface area (Å²) in [4.78, 5) is 35.5. The first kappa shape index (κ1) is 23.4. The Morgan fingerprint density at radius 2 is 1.88 bits per heavy atom. The van der Waals surface area contributed by atoms with Crippen LogP contribution in [0.1, 0.15) is 10.6 Å². The van der Waals surface area contributed by atoms with E-state index in [2.05, 4.69) is 16.5 Å². The van der Waals surface area contributed by atoms with E-state index in [9.17, 15) is 14.0 Å². The van der Waals surface area contributed by atoms with Gasteiger partial charge in [0.2, 0.25) is 11.7 Å². The molecule has 4 rings (SSSR count). The van der Waals surface area contributed by atoms with Gasteiger partial charge >= 0.3 is 0 Å². The number of anilines is 1. The number of ether oxygens (including phenoxy) is 1. The molecular formula is C23H20ClF2N5O3. The number of benzene rings is 2. The molecule has 0 spiro atoms. The maximum atomic E-state index is 15.9. The molecule has 1 aromatic heterocycles. The van der Waals surface area contributed by atoms with E-state index in [-0.39, 0.29) is 44.5 Å². The van der Waals surface area contributed by atoms with E-state index >= 15 is 4.39 Å². The fourth-order valence-corrected chi connectivity index (χ4v) is 4.23. The van der Waals surface area contributed by atoms with E-state index in [1.54, 1.807) is 9.80 Å². The van der Waals surface area contributed by atoms with Gasteiger partial charge in [-0.3, -0.25) is 9.59 Å². The number of nitrogens with two attached hydrogens (primary N) is 1. The van der Waals surface area contributed by atoms with Gasteiger partial charge in [-0.2, -0.15) is 0 Å². The lowest BCUT2D eigenvalue weighted by molar-refractivity contribution is -0.126. The lowest BCUT2D eigenvalue weighted by atomic mass is 10.0. The van der Waals surface area contributed by atoms with Crippen LogP contribution in [-0.2, 0) is 4.79 Å². The second kappa shape index (κ2) is 9.22. The van der Waals surface area contributed by atoms with Crippen molar-refractivity contribution in [1.29, 1.82) is 0 Å². The molecular weight excluding hydrogens is 468 g/mol. The van der Waals surface area contributed by atoms with Crippen molar-refractivity contribution in [2.75, 3.05) is 38.2 Å². The highest BCUT2D eigenvalue weighted by atomic mass is 35.5. The lowest BCUT2D eigenvalue weighted by Crippen LogP contribution is -2.48. The Balaban J connectivity index is 1.91. The molecule has 1 aliphatic rings. The highest BCUT2D eigenvalue weighted by Crippen LogP contribution is 2.42. The molecule has 0 radical (unpaired) electrons. The summed E-state index contributed by atoms with van der Waals surface area (Å²) in [5.74, 6) is -2.94. The van der Waals surface area contributed by atoms with E-state index in [1.807, 2.05) is 0 Å². The number of aromatic nitrogens is 2. The average molecular weight is 488 g/mol. The van der Waals surface area contributed by atoms with Crippen molar-refractivity contribution in [2.24, 2.45) is 5.73 Å². The first-order chi connectivity index (χ1) is 16.3. The highest BCUT2D eigenvalue weighted by molar-refractivity contribution is 6.34. The topological polar surface area (TPSA) is 102 Å². The number of amides is 2. The number of piperazine rings is 1. The molecule has 1 saturated heterocycles. The van der Waals surface area contributed by atoms with Crippen LogP contribution in [-0.4, -0.2) is 60.0 Å². The number of carbonyl (C=O) groups is 2. The summed E-state index contributed by atoms with van der Waals surface area (Å²) in [6, 6.07) is 5.47. The number of fused-ring (bicyclic) bond motifs is 1. The Bertz CT molecular complexity index is 1330. The highest BCUT2D eigenvalue weighted by Gasteiger charge is 2.28. The Morgan fingerprint density at radius 3 is 2.50 bits per heavy atom. The molecule has 2 N–H and O–H groups in total. The van der Waals surface area contributed by atoms with Crippen LogP contribution in [0.15, 0.2) is 36.9 Å². The number of hydrogen-bond acceptors (Lipinski definition) is 6. The fourth-order valence-electron chi connectivity index (χ4n) is 3.95. The first-order valence-electron chi connectivity index (χ1n) is 10.3. The van der Waals surface area contributed by atoms with Gasteiger partial charge in [0.25, 0.3) is 5.91 Å². The molecule has 34 heavy (non-hydrogen) atoms. The standard InChI is InChI=1S/C23H20ClF2N5O3/c1-3-16(32)30-7-9-31(10-8-30)23-12-11-13(24)17(18-14(25)5-4-6-15(18)34-2)19(26)20(12)28-22(29-23)21(27)33/h3-6,11H,1,7-10H2,2H3,(H2,27,33). The first-order valence-corrected chi connectivity index (χ1v) is 10.6. The van der Waals surface area contributed by atoms with Gasteiger partial charge in [-0.05, 0) is 24.3 Å². The van der Waals surface area contributed by atoms with Gasteiger partial charge in [0, 0.05) is 37.1 Å². The zero-order chi connectivity index (χ0) is 24.6. The van der Waals surface area contributed by atoms with Crippen LogP contribution in [0.25, 0.3) is 22.0 Å². The minimum Gasteiger partial charge on any atom is -0.496 e. The monoisotopic (exact) mass is 487 g/mol. The SMILES string of the molecule is C=CC(=O)N1CCN(c2nc(C(N)=O)nc3c(F)c(-c4c(F)cccc4OC)c(Cl)cc23)CC1. The predicted octanol–water partition coefficient (Wildman–Crippen LogP) is 3.17. The van der Waals surface area contributed by atoms with Crippen molar-refractivity contribution in [2.45, 2.75) is 0 Å². The van der Waals surface area contributed by atoms with Gasteiger partial charge in [0.15, 0.2) is 5.82 Å². The number of nitrogens with zero attached hydrogens (tertiary/aromatic N) is 4. The van der Waals surface area contributed by atoms with Gasteiger partial charge in [0.1, 0.15) is 22.9 Å². The Hall–Kier alpha value is -3.79. The third kappa shape index (κ3) is 4.01. The van der Waals surface area contributed by atoms with Crippen LogP contribution in [0.4, 0.5) is 14.6 Å². The minimum atomic E-state index is -0.956. The summed E-state index contributed by atoms with van der Waals surface area (Å²) < 4.78 is 35.8. The van der Waals surface area contributed by atoms with Gasteiger partial charge in [-0.25, -0.2) is 18.7 Å². The van der Waals surface area contributed by atoms with Crippen molar-refractivity contribution in [3.8, 4) is 16.9 Å². The summed E-state index contributed by atoms with van der Waals surface area (Å²) in [7, 11) is 1.33. The number of methoxy groups -OCH3 is 1. The summed E-state index contributed by atoms with van der Waals surface area (Å²) in [6.07, 6.45) is 1.23. The normalized spacial score (nSPS) is 13.8. The zero-order valence-electron chi connectivity index (χ0n) is 18.1. The molecule has 2 aromatic carbocycles. The van der Waals surface area contributed by atoms with Gasteiger partial charge in [-0.15, -0.1) is 0 Å². The number of hydrogen-bond donors (Lipinski definition) is 1. The summed E-state index contributed by atoms with van der Waals surface area (Å²) >= 11 is 6.45. The molecule has 0 saturated carbocycles. The smallest absolute Gasteiger partial charge is 0.286 e. The van der Waals surface area contributed by atoms with Crippen molar-refractivity contribution in [3.05, 3.63) is 59.4 Å². The van der Waals surface area contributed by atoms with E-state index in [0.29, 0.717) is 26.2 Å². The van der Waals surface area contributed by atoms with E-state index in [4.69, 9.17) is 22.1 Å². The summed E-state index contributed by atoms with van der Waals surface area (Å²) in [6.45, 7) is 4.92. The molecule has 1 fully saturated rings. The van der Waals surface area contributed by atoms with E-state index < -0.39 is 23.4 Å². The quantitative estimate of drug-likeness (QED) is 0.555. The molecule has 0 unspecified atom stereocenters. The molecule has 11 heteroatoms. The van der Waals surface area contributed by atoms with E-state index in [0.717, 1.165) is 6.07 Å². The van der Waals surface area contributed by atoms with Crippen molar-refractivity contribution in [1.82, 2.24) is 14.9 Å². The molecule has 1 aliphatic heterocycles. The van der Waals surface area contributed by atoms with Crippen molar-refractivity contribution in [3.63, 3.8) is 0 Å². The maximum Gasteiger partial charge on any atom is 0.286 e. The third-order valence-electron chi connectivity index (χ3n) is 5.59. The number of halogens is 3. The predicted molar refractivity (Wildman–Crippen MR) is 124 cm³/mol. The number of carbonyl (C=O) groups excluding carboxylic acids is 2. The summed E-state index contributed by atoms with van der Waals surface area (Å²) in [5.41, 5.74) is 4.73. The van der Waals surface area contributed by atoms with Gasteiger partial charge in [0.05, 0.1) is 17.7 Å². The zero-order valence-corrected chi connectivity index (χ0v) is 18.9. The van der Waals surface area contributed by atoms with Crippen LogP contribution < -0.4 is 15.4 Å². The van der Waals surface area contributed by atoms with Crippen molar-refractivity contribution < 1.29 is 23.1 Å². The number of primary amides is 1. The minimum absolute atomic E-state index is 0.0764. The van der Waals surface area contributed by atoms with E-state index in [1.165, 1.54) is 31.4 Å². The molecule has 2 heterocycles. The van der Waals surface area contributed by atoms with Crippen LogP contribution in [0.3, 0.4) is 0 Å². The van der Waals surface area contributed by atoms with Crippen LogP contribution in [0.2, 0.25) is 5.02 Å². The maximum absolute atomic E-state index is 15.9. The Labute approximate surface area is 198 Å². The lowest BCUT2D eigenvalue weighted by Gasteiger charge is -2.35. The largest absolute Gasteiger partial charge is 0.496 e. The number of rotatable bonds is 5. The molecule has 2 amide bonds. The molecule has 3 aromatic rings. The fraction of sp³-hybridized carbons (Fsp3) is 0.217. The Morgan fingerprint density at radius 1 is 1.18 bits per heavy atom. The Kier molecular flexibility index (Phi) is 6.34. The second-order valence-electron chi connectivity index (χ2n) is 7.51. The van der Waals surface area contributed by atoms with Gasteiger partial charge in [-0.1, -0.05) is 24.2 Å². The van der Waals surface area contributed by atoms with Crippen LogP contribution in [0.5, 0.6) is 5.75 Å². The molecule has 8 nitrogen and oxygen atoms in total. The average Bonchev–Trinajstić information content (AvgIpc) is 2.84. The molecule has 176 valence electrons.